The molecule has 0 radical (unpaired) electrons. The SMILES string of the molecule is Cc1cn2ccccc2c1N(C)Cc1ccccc1. The number of aryl methyl sites for hydroxylation is 1. The molecule has 0 spiro atoms. The van der Waals surface area contributed by atoms with Crippen LogP contribution in [0, 0.1) is 6.92 Å². The van der Waals surface area contributed by atoms with Gasteiger partial charge in [-0.3, -0.25) is 0 Å². The van der Waals surface area contributed by atoms with E-state index in [9.17, 15) is 0 Å². The summed E-state index contributed by atoms with van der Waals surface area (Å²) in [6.07, 6.45) is 4.29. The average molecular weight is 250 g/mol. The Morgan fingerprint density at radius 3 is 2.53 bits per heavy atom. The second-order valence-corrected chi connectivity index (χ2v) is 5.00. The molecule has 19 heavy (non-hydrogen) atoms. The van der Waals surface area contributed by atoms with Crippen molar-refractivity contribution >= 4 is 11.2 Å². The molecule has 3 rings (SSSR count). The predicted octanol–water partition coefficient (Wildman–Crippen LogP) is 3.88. The summed E-state index contributed by atoms with van der Waals surface area (Å²) < 4.78 is 2.19. The topological polar surface area (TPSA) is 7.65 Å². The van der Waals surface area contributed by atoms with Crippen LogP contribution in [0.5, 0.6) is 0 Å². The molecule has 0 bridgehead atoms. The monoisotopic (exact) mass is 250 g/mol. The van der Waals surface area contributed by atoms with Gasteiger partial charge in [0.05, 0.1) is 11.2 Å². The first-order valence-corrected chi connectivity index (χ1v) is 6.57. The molecule has 0 amide bonds. The number of aromatic nitrogens is 1. The third kappa shape index (κ3) is 2.22. The van der Waals surface area contributed by atoms with E-state index < -0.39 is 0 Å². The Balaban J connectivity index is 1.97. The van der Waals surface area contributed by atoms with Crippen LogP contribution in [0.15, 0.2) is 60.9 Å². The minimum Gasteiger partial charge on any atom is -0.368 e. The van der Waals surface area contributed by atoms with E-state index in [1.807, 2.05) is 0 Å². The fraction of sp³-hybridized carbons (Fsp3) is 0.176. The molecule has 2 aromatic heterocycles. The minimum atomic E-state index is 0.927. The van der Waals surface area contributed by atoms with Crippen LogP contribution in [0.25, 0.3) is 5.52 Å². The van der Waals surface area contributed by atoms with E-state index in [1.54, 1.807) is 0 Å². The van der Waals surface area contributed by atoms with Gasteiger partial charge in [-0.2, -0.15) is 0 Å². The molecular weight excluding hydrogens is 232 g/mol. The van der Waals surface area contributed by atoms with Gasteiger partial charge in [0.1, 0.15) is 0 Å². The van der Waals surface area contributed by atoms with Gasteiger partial charge >= 0.3 is 0 Å². The van der Waals surface area contributed by atoms with Crippen LogP contribution in [0.2, 0.25) is 0 Å². The summed E-state index contributed by atoms with van der Waals surface area (Å²) in [6.45, 7) is 3.10. The van der Waals surface area contributed by atoms with E-state index in [4.69, 9.17) is 0 Å². The molecule has 0 aliphatic rings. The highest BCUT2D eigenvalue weighted by molar-refractivity contribution is 5.77. The Morgan fingerprint density at radius 2 is 1.74 bits per heavy atom. The Kier molecular flexibility index (Phi) is 3.00. The van der Waals surface area contributed by atoms with Crippen molar-refractivity contribution in [3.05, 3.63) is 72.1 Å². The first-order valence-electron chi connectivity index (χ1n) is 6.57. The number of hydrogen-bond acceptors (Lipinski definition) is 1. The highest BCUT2D eigenvalue weighted by Gasteiger charge is 2.11. The van der Waals surface area contributed by atoms with E-state index in [0.717, 1.165) is 6.54 Å². The summed E-state index contributed by atoms with van der Waals surface area (Å²) in [5.74, 6) is 0. The standard InChI is InChI=1S/C17H18N2/c1-14-12-19-11-7-6-10-16(19)17(14)18(2)13-15-8-4-3-5-9-15/h3-12H,13H2,1-2H3. The number of rotatable bonds is 3. The molecule has 0 unspecified atom stereocenters. The van der Waals surface area contributed by atoms with Crippen molar-refractivity contribution in [2.45, 2.75) is 13.5 Å². The van der Waals surface area contributed by atoms with Crippen molar-refractivity contribution in [3.8, 4) is 0 Å². The fourth-order valence-corrected chi connectivity index (χ4v) is 2.67. The molecule has 0 saturated carbocycles. The van der Waals surface area contributed by atoms with Gasteiger partial charge in [-0.05, 0) is 30.2 Å². The highest BCUT2D eigenvalue weighted by atomic mass is 15.1. The maximum absolute atomic E-state index is 2.32. The maximum atomic E-state index is 2.32. The number of anilines is 1. The lowest BCUT2D eigenvalue weighted by molar-refractivity contribution is 0.924. The zero-order valence-electron chi connectivity index (χ0n) is 11.4. The Morgan fingerprint density at radius 1 is 1.00 bits per heavy atom. The molecule has 0 N–H and O–H groups in total. The largest absolute Gasteiger partial charge is 0.368 e. The van der Waals surface area contributed by atoms with Gasteiger partial charge in [0.25, 0.3) is 0 Å². The average Bonchev–Trinajstić information content (AvgIpc) is 2.75. The molecule has 2 heteroatoms. The molecule has 0 saturated heterocycles. The molecule has 0 atom stereocenters. The van der Waals surface area contributed by atoms with Crippen molar-refractivity contribution in [1.29, 1.82) is 0 Å². The zero-order valence-corrected chi connectivity index (χ0v) is 11.4. The first kappa shape index (κ1) is 11.8. The van der Waals surface area contributed by atoms with Crippen molar-refractivity contribution in [1.82, 2.24) is 4.40 Å². The lowest BCUT2D eigenvalue weighted by Gasteiger charge is -2.20. The van der Waals surface area contributed by atoms with Gasteiger partial charge in [-0.25, -0.2) is 0 Å². The maximum Gasteiger partial charge on any atom is 0.0688 e. The molecular formula is C17H18N2. The third-order valence-electron chi connectivity index (χ3n) is 3.48. The molecule has 96 valence electrons. The molecule has 2 nitrogen and oxygen atoms in total. The van der Waals surface area contributed by atoms with E-state index in [0.29, 0.717) is 0 Å². The number of nitrogens with zero attached hydrogens (tertiary/aromatic N) is 2. The first-order chi connectivity index (χ1) is 9.25. The quantitative estimate of drug-likeness (QED) is 0.684. The summed E-state index contributed by atoms with van der Waals surface area (Å²) in [4.78, 5) is 2.32. The van der Waals surface area contributed by atoms with Crippen LogP contribution in [-0.4, -0.2) is 11.4 Å². The second kappa shape index (κ2) is 4.81. The fourth-order valence-electron chi connectivity index (χ4n) is 2.67. The zero-order chi connectivity index (χ0) is 13.2. The predicted molar refractivity (Wildman–Crippen MR) is 80.7 cm³/mol. The molecule has 0 fully saturated rings. The van der Waals surface area contributed by atoms with Gasteiger partial charge in [0.2, 0.25) is 0 Å². The third-order valence-corrected chi connectivity index (χ3v) is 3.48. The van der Waals surface area contributed by atoms with Crippen LogP contribution in [0.1, 0.15) is 11.1 Å². The smallest absolute Gasteiger partial charge is 0.0688 e. The van der Waals surface area contributed by atoms with Crippen molar-refractivity contribution in [2.24, 2.45) is 0 Å². The minimum absolute atomic E-state index is 0.927. The van der Waals surface area contributed by atoms with E-state index in [1.165, 1.54) is 22.3 Å². The summed E-state index contributed by atoms with van der Waals surface area (Å²) in [7, 11) is 2.16. The summed E-state index contributed by atoms with van der Waals surface area (Å²) in [5.41, 5.74) is 5.21. The van der Waals surface area contributed by atoms with E-state index in [2.05, 4.69) is 84.2 Å². The van der Waals surface area contributed by atoms with Crippen LogP contribution in [0.3, 0.4) is 0 Å². The van der Waals surface area contributed by atoms with E-state index >= 15 is 0 Å². The molecule has 2 heterocycles. The van der Waals surface area contributed by atoms with E-state index in [-0.39, 0.29) is 0 Å². The molecule has 0 aliphatic heterocycles. The molecule has 0 aliphatic carbocycles. The van der Waals surface area contributed by atoms with Crippen molar-refractivity contribution in [3.63, 3.8) is 0 Å². The lowest BCUT2D eigenvalue weighted by Crippen LogP contribution is -2.16. The van der Waals surface area contributed by atoms with Gasteiger partial charge in [0, 0.05) is 26.0 Å². The second-order valence-electron chi connectivity index (χ2n) is 5.00. The number of pyridine rings is 1. The van der Waals surface area contributed by atoms with Gasteiger partial charge in [-0.1, -0.05) is 36.4 Å². The highest BCUT2D eigenvalue weighted by Crippen LogP contribution is 2.28. The summed E-state index contributed by atoms with van der Waals surface area (Å²) >= 11 is 0. The van der Waals surface area contributed by atoms with Gasteiger partial charge in [-0.15, -0.1) is 0 Å². The van der Waals surface area contributed by atoms with Crippen molar-refractivity contribution < 1.29 is 0 Å². The lowest BCUT2D eigenvalue weighted by atomic mass is 10.2. The molecule has 1 aromatic carbocycles. The summed E-state index contributed by atoms with van der Waals surface area (Å²) in [6, 6.07) is 16.9. The van der Waals surface area contributed by atoms with Gasteiger partial charge in [0.15, 0.2) is 0 Å². The normalized spacial score (nSPS) is 10.8. The van der Waals surface area contributed by atoms with Crippen molar-refractivity contribution in [2.75, 3.05) is 11.9 Å². The van der Waals surface area contributed by atoms with Crippen LogP contribution >= 0.6 is 0 Å². The summed E-state index contributed by atoms with van der Waals surface area (Å²) in [5, 5.41) is 0. The van der Waals surface area contributed by atoms with Crippen LogP contribution in [-0.2, 0) is 6.54 Å². The Bertz CT molecular complexity index is 683. The number of benzene rings is 1. The number of fused-ring (bicyclic) bond motifs is 1. The Labute approximate surface area is 113 Å². The number of hydrogen-bond donors (Lipinski definition) is 0. The van der Waals surface area contributed by atoms with Crippen LogP contribution < -0.4 is 4.90 Å². The van der Waals surface area contributed by atoms with Gasteiger partial charge < -0.3 is 9.30 Å². The van der Waals surface area contributed by atoms with Crippen LogP contribution in [0.4, 0.5) is 5.69 Å². The molecule has 3 aromatic rings. The Hall–Kier alpha value is -2.22.